The lowest BCUT2D eigenvalue weighted by Gasteiger charge is -2.15. The van der Waals surface area contributed by atoms with Crippen molar-refractivity contribution in [3.05, 3.63) is 41.7 Å². The number of carbonyl (C=O) groups is 1. The molecule has 1 saturated heterocycles. The molecule has 1 aliphatic rings. The number of imidazole rings is 1. The van der Waals surface area contributed by atoms with Crippen LogP contribution in [0.3, 0.4) is 0 Å². The molecule has 0 saturated carbocycles. The van der Waals surface area contributed by atoms with Gasteiger partial charge >= 0.3 is 0 Å². The highest BCUT2D eigenvalue weighted by Crippen LogP contribution is 2.30. The van der Waals surface area contributed by atoms with Crippen LogP contribution in [-0.4, -0.2) is 27.3 Å². The molecule has 1 atom stereocenters. The fraction of sp³-hybridized carbons (Fsp3) is 0.412. The monoisotopic (exact) mass is 315 g/mol. The van der Waals surface area contributed by atoms with Gasteiger partial charge in [-0.1, -0.05) is 30.3 Å². The highest BCUT2D eigenvalue weighted by Gasteiger charge is 2.24. The van der Waals surface area contributed by atoms with Crippen molar-refractivity contribution in [1.29, 1.82) is 0 Å². The predicted molar refractivity (Wildman–Crippen MR) is 89.5 cm³/mol. The number of rotatable bonds is 3. The van der Waals surface area contributed by atoms with Crippen molar-refractivity contribution in [3.63, 3.8) is 0 Å². The van der Waals surface area contributed by atoms with E-state index in [1.54, 1.807) is 18.0 Å². The Morgan fingerprint density at radius 2 is 2.18 bits per heavy atom. The summed E-state index contributed by atoms with van der Waals surface area (Å²) in [7, 11) is 0. The molecule has 1 N–H and O–H groups in total. The van der Waals surface area contributed by atoms with E-state index in [4.69, 9.17) is 0 Å². The fourth-order valence-corrected chi connectivity index (χ4v) is 3.83. The number of aryl methyl sites for hydroxylation is 1. The normalized spacial score (nSPS) is 18.8. The highest BCUT2D eigenvalue weighted by atomic mass is 32.2. The predicted octanol–water partition coefficient (Wildman–Crippen LogP) is 3.25. The second kappa shape index (κ2) is 6.57. The van der Waals surface area contributed by atoms with Gasteiger partial charge in [0, 0.05) is 18.9 Å². The Bertz CT molecular complexity index is 680. The van der Waals surface area contributed by atoms with Crippen LogP contribution in [0.2, 0.25) is 0 Å². The zero-order valence-corrected chi connectivity index (χ0v) is 13.8. The van der Waals surface area contributed by atoms with E-state index in [0.29, 0.717) is 0 Å². The third-order valence-electron chi connectivity index (χ3n) is 4.17. The first-order chi connectivity index (χ1) is 10.7. The van der Waals surface area contributed by atoms with Crippen molar-refractivity contribution >= 4 is 17.7 Å². The summed E-state index contributed by atoms with van der Waals surface area (Å²) >= 11 is 1.57. The quantitative estimate of drug-likeness (QED) is 0.946. The van der Waals surface area contributed by atoms with Gasteiger partial charge in [-0.25, -0.2) is 4.98 Å². The van der Waals surface area contributed by atoms with Crippen LogP contribution in [0.5, 0.6) is 0 Å². The number of aromatic nitrogens is 2. The Hall–Kier alpha value is -1.75. The minimum absolute atomic E-state index is 0.0474. The Balaban J connectivity index is 1.89. The highest BCUT2D eigenvalue weighted by molar-refractivity contribution is 8.00. The van der Waals surface area contributed by atoms with Crippen LogP contribution in [-0.2, 0) is 4.79 Å². The third-order valence-corrected chi connectivity index (χ3v) is 5.42. The van der Waals surface area contributed by atoms with E-state index < -0.39 is 0 Å². The van der Waals surface area contributed by atoms with Gasteiger partial charge in [-0.15, -0.1) is 0 Å². The SMILES string of the molecule is Cc1cccc(-n2ccnc2SC2CCCCNC2=O)c1C. The number of hydrogen-bond donors (Lipinski definition) is 1. The summed E-state index contributed by atoms with van der Waals surface area (Å²) in [5.74, 6) is 0.137. The summed E-state index contributed by atoms with van der Waals surface area (Å²) in [5, 5.41) is 3.83. The van der Waals surface area contributed by atoms with E-state index in [-0.39, 0.29) is 11.2 Å². The summed E-state index contributed by atoms with van der Waals surface area (Å²) in [6.07, 6.45) is 6.84. The average molecular weight is 315 g/mol. The lowest BCUT2D eigenvalue weighted by Crippen LogP contribution is -2.30. The Kier molecular flexibility index (Phi) is 4.52. The van der Waals surface area contributed by atoms with Crippen molar-refractivity contribution in [2.45, 2.75) is 43.5 Å². The van der Waals surface area contributed by atoms with Crippen molar-refractivity contribution in [2.75, 3.05) is 6.54 Å². The second-order valence-electron chi connectivity index (χ2n) is 5.69. The van der Waals surface area contributed by atoms with Crippen molar-refractivity contribution < 1.29 is 4.79 Å². The molecule has 0 spiro atoms. The molecule has 1 unspecified atom stereocenters. The molecule has 0 aliphatic carbocycles. The minimum atomic E-state index is -0.0474. The molecule has 1 amide bonds. The Morgan fingerprint density at radius 3 is 3.05 bits per heavy atom. The third kappa shape index (κ3) is 3.04. The zero-order valence-electron chi connectivity index (χ0n) is 13.0. The summed E-state index contributed by atoms with van der Waals surface area (Å²) in [4.78, 5) is 16.6. The Morgan fingerprint density at radius 1 is 1.32 bits per heavy atom. The van der Waals surface area contributed by atoms with Crippen molar-refractivity contribution in [2.24, 2.45) is 0 Å². The summed E-state index contributed by atoms with van der Waals surface area (Å²) in [6.45, 7) is 5.03. The molecule has 22 heavy (non-hydrogen) atoms. The molecule has 1 aliphatic heterocycles. The molecule has 0 bridgehead atoms. The fourth-order valence-electron chi connectivity index (χ4n) is 2.71. The van der Waals surface area contributed by atoms with Crippen molar-refractivity contribution in [1.82, 2.24) is 14.9 Å². The number of nitrogens with one attached hydrogen (secondary N) is 1. The second-order valence-corrected chi connectivity index (χ2v) is 6.86. The van der Waals surface area contributed by atoms with Gasteiger partial charge in [0.15, 0.2) is 5.16 Å². The van der Waals surface area contributed by atoms with Crippen LogP contribution in [0.15, 0.2) is 35.7 Å². The van der Waals surface area contributed by atoms with Gasteiger partial charge in [0.05, 0.1) is 10.9 Å². The largest absolute Gasteiger partial charge is 0.355 e. The van der Waals surface area contributed by atoms with Gasteiger partial charge in [0.2, 0.25) is 5.91 Å². The number of amides is 1. The first-order valence-electron chi connectivity index (χ1n) is 7.71. The van der Waals surface area contributed by atoms with Crippen LogP contribution in [0.1, 0.15) is 30.4 Å². The van der Waals surface area contributed by atoms with Crippen LogP contribution >= 0.6 is 11.8 Å². The molecule has 4 nitrogen and oxygen atoms in total. The summed E-state index contributed by atoms with van der Waals surface area (Å²) in [5.41, 5.74) is 3.64. The first kappa shape index (κ1) is 15.2. The minimum Gasteiger partial charge on any atom is -0.355 e. The van der Waals surface area contributed by atoms with Crippen LogP contribution in [0.4, 0.5) is 0 Å². The van der Waals surface area contributed by atoms with E-state index in [9.17, 15) is 4.79 Å². The van der Waals surface area contributed by atoms with Gasteiger partial charge < -0.3 is 5.32 Å². The van der Waals surface area contributed by atoms with Crippen molar-refractivity contribution in [3.8, 4) is 5.69 Å². The van der Waals surface area contributed by atoms with Crippen LogP contribution < -0.4 is 5.32 Å². The van der Waals surface area contributed by atoms with Gasteiger partial charge in [-0.2, -0.15) is 0 Å². The van der Waals surface area contributed by atoms with Gasteiger partial charge in [0.25, 0.3) is 0 Å². The standard InChI is InChI=1S/C17H21N3OS/c1-12-6-5-7-14(13(12)2)20-11-10-19-17(20)22-15-8-3-4-9-18-16(15)21/h5-7,10-11,15H,3-4,8-9H2,1-2H3,(H,18,21). The summed E-state index contributed by atoms with van der Waals surface area (Å²) < 4.78 is 2.09. The maximum absolute atomic E-state index is 12.1. The smallest absolute Gasteiger partial charge is 0.233 e. The molecule has 116 valence electrons. The van der Waals surface area contributed by atoms with Gasteiger partial charge in [-0.05, 0) is 43.9 Å². The molecule has 2 aromatic rings. The van der Waals surface area contributed by atoms with Crippen LogP contribution in [0.25, 0.3) is 5.69 Å². The lowest BCUT2D eigenvalue weighted by atomic mass is 10.1. The number of hydrogen-bond acceptors (Lipinski definition) is 3. The summed E-state index contributed by atoms with van der Waals surface area (Å²) in [6, 6.07) is 6.27. The van der Waals surface area contributed by atoms with E-state index in [1.165, 1.54) is 11.1 Å². The number of thioether (sulfide) groups is 1. The van der Waals surface area contributed by atoms with Gasteiger partial charge in [0.1, 0.15) is 0 Å². The molecular weight excluding hydrogens is 294 g/mol. The molecule has 1 fully saturated rings. The number of benzene rings is 1. The molecule has 2 heterocycles. The topological polar surface area (TPSA) is 46.9 Å². The van der Waals surface area contributed by atoms with Gasteiger partial charge in [-0.3, -0.25) is 9.36 Å². The van der Waals surface area contributed by atoms with Crippen LogP contribution in [0, 0.1) is 13.8 Å². The average Bonchev–Trinajstić information content (AvgIpc) is 2.86. The molecule has 5 heteroatoms. The molecule has 3 rings (SSSR count). The van der Waals surface area contributed by atoms with E-state index in [1.807, 2.05) is 6.20 Å². The lowest BCUT2D eigenvalue weighted by molar-refractivity contribution is -0.120. The Labute approximate surface area is 135 Å². The number of nitrogens with zero attached hydrogens (tertiary/aromatic N) is 2. The zero-order chi connectivity index (χ0) is 15.5. The molecule has 1 aromatic heterocycles. The van der Waals surface area contributed by atoms with E-state index >= 15 is 0 Å². The van der Waals surface area contributed by atoms with E-state index in [2.05, 4.69) is 46.9 Å². The molecular formula is C17H21N3OS. The van der Waals surface area contributed by atoms with E-state index in [0.717, 1.165) is 36.7 Å². The maximum atomic E-state index is 12.1. The maximum Gasteiger partial charge on any atom is 0.233 e. The number of carbonyl (C=O) groups excluding carboxylic acids is 1. The molecule has 1 aromatic carbocycles. The first-order valence-corrected chi connectivity index (χ1v) is 8.59. The molecule has 0 radical (unpaired) electrons.